The molecule has 0 spiro atoms. The summed E-state index contributed by atoms with van der Waals surface area (Å²) in [6.07, 6.45) is 38.1. The highest BCUT2D eigenvalue weighted by atomic mass is 19.3. The van der Waals surface area contributed by atoms with Crippen LogP contribution in [0, 0.1) is 142 Å². The normalized spacial score (nSPS) is 36.8. The van der Waals surface area contributed by atoms with Crippen molar-refractivity contribution in [3.63, 3.8) is 0 Å². The third-order valence-electron chi connectivity index (χ3n) is 30.3. The predicted octanol–water partition coefficient (Wildman–Crippen LogP) is 29.5. The molecule has 18 rings (SSSR count). The summed E-state index contributed by atoms with van der Waals surface area (Å²) in [6.45, 7) is 3.26. The second kappa shape index (κ2) is 34.5. The van der Waals surface area contributed by atoms with Crippen molar-refractivity contribution in [1.29, 1.82) is 0 Å². The Bertz CT molecular complexity index is 3550. The van der Waals surface area contributed by atoms with Crippen LogP contribution in [0.2, 0.25) is 0 Å². The highest BCUT2D eigenvalue weighted by molar-refractivity contribution is 5.25. The van der Waals surface area contributed by atoms with Crippen LogP contribution in [0.4, 0.5) is 79.0 Å². The van der Waals surface area contributed by atoms with E-state index in [2.05, 4.69) is 103 Å². The molecule has 624 valence electrons. The monoisotopic (exact) mass is 1590 g/mol. The van der Waals surface area contributed by atoms with Gasteiger partial charge in [0.2, 0.25) is 0 Å². The first-order chi connectivity index (χ1) is 52.8. The van der Waals surface area contributed by atoms with Gasteiger partial charge in [0, 0.05) is 38.5 Å². The predicted molar refractivity (Wildman–Crippen MR) is 407 cm³/mol. The quantitative estimate of drug-likeness (QED) is 0.0618. The summed E-state index contributed by atoms with van der Waals surface area (Å²) in [7, 11) is 0. The number of rotatable bonds is 27. The largest absolute Gasteiger partial charge is 0.259 e. The molecule has 25 atom stereocenters. The van der Waals surface area contributed by atoms with Gasteiger partial charge in [-0.1, -0.05) is 161 Å². The van der Waals surface area contributed by atoms with Gasteiger partial charge >= 0.3 is 0 Å². The minimum Gasteiger partial charge on any atom is -0.207 e. The molecule has 2 aromatic carbocycles. The number of hydrogen-bond donors (Lipinski definition) is 0. The van der Waals surface area contributed by atoms with Gasteiger partial charge in [-0.25, -0.2) is 79.0 Å². The van der Waals surface area contributed by atoms with Gasteiger partial charge in [0.15, 0.2) is 0 Å². The molecule has 0 aromatic heterocycles. The van der Waals surface area contributed by atoms with E-state index in [0.29, 0.717) is 18.8 Å². The van der Waals surface area contributed by atoms with Crippen molar-refractivity contribution < 1.29 is 79.0 Å². The maximum atomic E-state index is 14.0. The molecule has 10 saturated carbocycles. The Morgan fingerprint density at radius 1 is 0.268 bits per heavy atom. The molecule has 16 aliphatic carbocycles. The number of benzene rings is 2. The molecular formula is C94H122F18. The molecule has 0 saturated heterocycles. The number of allylic oxidation sites excluding steroid dienone is 12. The summed E-state index contributed by atoms with van der Waals surface area (Å²) in [5, 5.41) is 0. The summed E-state index contributed by atoms with van der Waals surface area (Å²) in [5.41, 5.74) is 3.12. The molecule has 0 nitrogen and oxygen atoms in total. The van der Waals surface area contributed by atoms with Crippen LogP contribution in [0.5, 0.6) is 0 Å². The van der Waals surface area contributed by atoms with Crippen LogP contribution in [0.15, 0.2) is 134 Å². The van der Waals surface area contributed by atoms with Gasteiger partial charge in [-0.15, -0.1) is 0 Å². The second-order valence-electron chi connectivity index (χ2n) is 38.8. The molecule has 18 heteroatoms. The highest BCUT2D eigenvalue weighted by Crippen LogP contribution is 2.63. The fourth-order valence-electron chi connectivity index (χ4n) is 25.2. The van der Waals surface area contributed by atoms with Gasteiger partial charge in [0.05, 0.1) is 38.5 Å². The number of fused-ring (bicyclic) bond motifs is 16. The smallest absolute Gasteiger partial charge is 0.207 e. The minimum absolute atomic E-state index is 0.0339. The zero-order valence-corrected chi connectivity index (χ0v) is 65.8. The molecule has 25 unspecified atom stereocenters. The van der Waals surface area contributed by atoms with Crippen LogP contribution < -0.4 is 0 Å². The van der Waals surface area contributed by atoms with Crippen LogP contribution in [-0.4, -0.2) is 53.3 Å². The average Bonchev–Trinajstić information content (AvgIpc) is 1.60. The second-order valence-corrected chi connectivity index (χ2v) is 38.8. The summed E-state index contributed by atoms with van der Waals surface area (Å²) in [4.78, 5) is 0. The standard InChI is InChI=1S/C20H24.C17H22F8.C15H20F6.C15H18.C14H20.C13H18F4/c1-2-4-14(5-3-1)18-11-17-10-16(18)12-20(17)19-9-13-6-7-15(19)8-13;1-2-14(18,19)8-16(22,23)10-17(24,25)9-15(20,21)7-13-6-11-3-4-12(13)5-11;1-2-13(16,17)8-15(20,21)9-14(18,19)7-12-6-10-3-4-11(12)5-10;1-2-4-12(5-3-1)6-8-14-10-13-7-9-15(14)11-13;1-3-11-5-9(1)7-13(11)14-8-10-2-4-12(14)6-10;1-2-12(14,15)8-13(16,17)7-11-6-9-3-4-10(11)5-9/h1-7,13,15-20H,8-12H2;3-4,11-13H,2,5-10H2,1H3;3-4,10-12H,2,5-9H2,1H3;1-5,7,9,13-15H,6,8,10-11H2;1,3,9-14H,2,4-8H2;3-4,9-11H,2,5-8H2,1H3. The van der Waals surface area contributed by atoms with E-state index in [1.54, 1.807) is 43.7 Å². The van der Waals surface area contributed by atoms with Crippen LogP contribution in [0.25, 0.3) is 0 Å². The molecule has 0 aliphatic heterocycles. The van der Waals surface area contributed by atoms with E-state index >= 15 is 0 Å². The first kappa shape index (κ1) is 85.5. The Kier molecular flexibility index (Phi) is 26.4. The number of aryl methyl sites for hydroxylation is 1. The molecule has 2 aromatic rings. The fourth-order valence-corrected chi connectivity index (χ4v) is 25.2. The molecule has 0 radical (unpaired) electrons. The fraction of sp³-hybridized carbons (Fsp3) is 0.745. The van der Waals surface area contributed by atoms with E-state index in [0.717, 1.165) is 134 Å². The Hall–Kier alpha value is -4.38. The summed E-state index contributed by atoms with van der Waals surface area (Å²) >= 11 is 0. The van der Waals surface area contributed by atoms with Gasteiger partial charge in [-0.05, 0) is 287 Å². The first-order valence-corrected chi connectivity index (χ1v) is 43.3. The SMILES string of the molecule is C1=CC2CC1CC2C1CC2CC1CC2c1ccccc1.C1=CC2CC1CC2C1CC2CCC1C2.C1=CC2CC1CC2CCc1ccccc1.CCC(F)(F)CC(F)(F)CC(F)(F)CC(F)(F)CC1CC2C=CC1C2.CCC(F)(F)CC(F)(F)CC(F)(F)CC1CC2C=CC1C2.CCC(F)(F)CC(F)(F)CC1CC2C=CC1C2. The highest BCUT2D eigenvalue weighted by Gasteiger charge is 2.57. The lowest BCUT2D eigenvalue weighted by Crippen LogP contribution is -2.38. The lowest BCUT2D eigenvalue weighted by atomic mass is 9.70. The van der Waals surface area contributed by atoms with E-state index in [1.165, 1.54) is 76.7 Å². The van der Waals surface area contributed by atoms with E-state index < -0.39 is 130 Å². The molecule has 10 fully saturated rings. The van der Waals surface area contributed by atoms with E-state index in [-0.39, 0.29) is 47.8 Å². The molecule has 16 bridgehead atoms. The first-order valence-electron chi connectivity index (χ1n) is 43.3. The lowest BCUT2D eigenvalue weighted by Gasteiger charge is -2.35. The van der Waals surface area contributed by atoms with Crippen molar-refractivity contribution in [2.45, 2.75) is 292 Å². The summed E-state index contributed by atoms with van der Waals surface area (Å²) in [5.74, 6) is -17.7. The zero-order chi connectivity index (χ0) is 80.0. The molecular weight excluding hydrogens is 1470 g/mol. The van der Waals surface area contributed by atoms with Crippen molar-refractivity contribution in [3.05, 3.63) is 145 Å². The Balaban J connectivity index is 0.000000119. The van der Waals surface area contributed by atoms with Crippen molar-refractivity contribution in [2.75, 3.05) is 0 Å². The Morgan fingerprint density at radius 2 is 0.607 bits per heavy atom. The molecule has 16 aliphatic rings. The summed E-state index contributed by atoms with van der Waals surface area (Å²) < 4.78 is 242. The molecule has 112 heavy (non-hydrogen) atoms. The van der Waals surface area contributed by atoms with Gasteiger partial charge < -0.3 is 0 Å². The Morgan fingerprint density at radius 3 is 0.920 bits per heavy atom. The van der Waals surface area contributed by atoms with E-state index in [1.807, 2.05) is 24.3 Å². The molecule has 0 heterocycles. The molecule has 0 amide bonds. The van der Waals surface area contributed by atoms with Gasteiger partial charge in [0.1, 0.15) is 0 Å². The van der Waals surface area contributed by atoms with Gasteiger partial charge in [0.25, 0.3) is 53.3 Å². The molecule has 0 N–H and O–H groups in total. The van der Waals surface area contributed by atoms with Crippen molar-refractivity contribution in [2.24, 2.45) is 142 Å². The topological polar surface area (TPSA) is 0 Å². The lowest BCUT2D eigenvalue weighted by molar-refractivity contribution is -0.182. The number of alkyl halides is 18. The average molecular weight is 1590 g/mol. The summed E-state index contributed by atoms with van der Waals surface area (Å²) in [6, 6.07) is 22.2. The van der Waals surface area contributed by atoms with Gasteiger partial charge in [-0.3, -0.25) is 0 Å². The maximum absolute atomic E-state index is 14.0. The number of hydrogen-bond acceptors (Lipinski definition) is 0. The van der Waals surface area contributed by atoms with Crippen molar-refractivity contribution in [3.8, 4) is 0 Å². The minimum atomic E-state index is -4.41. The van der Waals surface area contributed by atoms with Gasteiger partial charge in [-0.2, -0.15) is 0 Å². The third kappa shape index (κ3) is 22.3. The maximum Gasteiger partial charge on any atom is 0.259 e. The third-order valence-corrected chi connectivity index (χ3v) is 30.3. The van der Waals surface area contributed by atoms with Crippen molar-refractivity contribution in [1.82, 2.24) is 0 Å². The van der Waals surface area contributed by atoms with Crippen LogP contribution in [0.3, 0.4) is 0 Å². The van der Waals surface area contributed by atoms with E-state index in [9.17, 15) is 79.0 Å². The number of halogens is 18. The Labute approximate surface area is 654 Å². The van der Waals surface area contributed by atoms with Crippen LogP contribution in [0.1, 0.15) is 243 Å². The van der Waals surface area contributed by atoms with Crippen LogP contribution >= 0.6 is 0 Å². The van der Waals surface area contributed by atoms with E-state index in [4.69, 9.17) is 0 Å². The van der Waals surface area contributed by atoms with Crippen molar-refractivity contribution >= 4 is 0 Å². The van der Waals surface area contributed by atoms with Crippen LogP contribution in [-0.2, 0) is 6.42 Å². The zero-order valence-electron chi connectivity index (χ0n) is 65.8.